The Morgan fingerprint density at radius 2 is 2.00 bits per heavy atom. The second-order valence-electron chi connectivity index (χ2n) is 6.81. The molecule has 3 aromatic rings. The Morgan fingerprint density at radius 1 is 1.14 bits per heavy atom. The molecule has 6 nitrogen and oxygen atoms in total. The fourth-order valence-corrected chi connectivity index (χ4v) is 4.87. The van der Waals surface area contributed by atoms with Gasteiger partial charge in [0.05, 0.1) is 17.1 Å². The highest BCUT2D eigenvalue weighted by Gasteiger charge is 2.24. The number of amides is 3. The molecule has 0 atom stereocenters. The third-order valence-electron chi connectivity index (χ3n) is 4.75. The summed E-state index contributed by atoms with van der Waals surface area (Å²) in [7, 11) is 0. The molecule has 0 spiro atoms. The fourth-order valence-electron chi connectivity index (χ4n) is 3.23. The molecule has 3 amide bonds. The molecule has 1 aliphatic heterocycles. The average Bonchev–Trinajstić information content (AvgIpc) is 3.40. The van der Waals surface area contributed by atoms with Crippen LogP contribution in [0.4, 0.5) is 9.93 Å². The van der Waals surface area contributed by atoms with Crippen LogP contribution < -0.4 is 10.6 Å². The number of urea groups is 1. The van der Waals surface area contributed by atoms with Crippen LogP contribution in [0.2, 0.25) is 0 Å². The Balaban J connectivity index is 1.26. The van der Waals surface area contributed by atoms with Gasteiger partial charge in [-0.1, -0.05) is 47.7 Å². The zero-order valence-corrected chi connectivity index (χ0v) is 17.5. The maximum absolute atomic E-state index is 12.5. The summed E-state index contributed by atoms with van der Waals surface area (Å²) in [6.07, 6.45) is 2.57. The smallest absolute Gasteiger partial charge is 0.317 e. The van der Waals surface area contributed by atoms with Crippen molar-refractivity contribution in [2.45, 2.75) is 25.8 Å². The second kappa shape index (κ2) is 9.19. The van der Waals surface area contributed by atoms with Gasteiger partial charge in [-0.05, 0) is 29.9 Å². The van der Waals surface area contributed by atoms with Crippen LogP contribution in [0.1, 0.15) is 32.2 Å². The number of carbonyl (C=O) groups is 2. The Kier molecular flexibility index (Phi) is 6.21. The number of rotatable bonds is 6. The van der Waals surface area contributed by atoms with Crippen molar-refractivity contribution in [3.63, 3.8) is 0 Å². The van der Waals surface area contributed by atoms with Crippen LogP contribution in [0.3, 0.4) is 0 Å². The van der Waals surface area contributed by atoms with E-state index in [2.05, 4.69) is 27.8 Å². The topological polar surface area (TPSA) is 74.3 Å². The highest BCUT2D eigenvalue weighted by Crippen LogP contribution is 2.29. The third-order valence-corrected chi connectivity index (χ3v) is 6.61. The van der Waals surface area contributed by atoms with Crippen molar-refractivity contribution < 1.29 is 9.59 Å². The number of thiophene rings is 1. The predicted octanol–water partition coefficient (Wildman–Crippen LogP) is 4.16. The van der Waals surface area contributed by atoms with E-state index in [1.807, 2.05) is 34.5 Å². The van der Waals surface area contributed by atoms with E-state index >= 15 is 0 Å². The minimum Gasteiger partial charge on any atom is -0.338 e. The number of carbonyl (C=O) groups excluding carboxylic acids is 2. The molecule has 150 valence electrons. The molecule has 29 heavy (non-hydrogen) atoms. The lowest BCUT2D eigenvalue weighted by atomic mass is 10.1. The van der Waals surface area contributed by atoms with E-state index in [0.717, 1.165) is 23.4 Å². The summed E-state index contributed by atoms with van der Waals surface area (Å²) in [6, 6.07) is 13.9. The first-order valence-electron chi connectivity index (χ1n) is 9.59. The summed E-state index contributed by atoms with van der Waals surface area (Å²) >= 11 is 2.85. The number of benzene rings is 1. The Hall–Kier alpha value is -2.71. The van der Waals surface area contributed by atoms with E-state index in [0.29, 0.717) is 36.1 Å². The van der Waals surface area contributed by atoms with Gasteiger partial charge in [-0.15, -0.1) is 11.3 Å². The molecule has 2 aromatic heterocycles. The van der Waals surface area contributed by atoms with Gasteiger partial charge >= 0.3 is 6.03 Å². The van der Waals surface area contributed by atoms with E-state index in [1.165, 1.54) is 28.2 Å². The molecule has 0 saturated carbocycles. The number of aromatic nitrogens is 1. The van der Waals surface area contributed by atoms with Gasteiger partial charge < -0.3 is 10.2 Å². The molecule has 0 fully saturated rings. The molecule has 0 bridgehead atoms. The average molecular weight is 427 g/mol. The Labute approximate surface area is 177 Å². The molecule has 4 rings (SSSR count). The normalized spacial score (nSPS) is 13.0. The van der Waals surface area contributed by atoms with Crippen LogP contribution in [0, 0.1) is 0 Å². The monoisotopic (exact) mass is 426 g/mol. The molecular weight excluding hydrogens is 404 g/mol. The van der Waals surface area contributed by atoms with Crippen molar-refractivity contribution in [3.05, 3.63) is 68.9 Å². The molecule has 8 heteroatoms. The summed E-state index contributed by atoms with van der Waals surface area (Å²) in [4.78, 5) is 32.7. The van der Waals surface area contributed by atoms with Crippen molar-refractivity contribution >= 4 is 39.7 Å². The van der Waals surface area contributed by atoms with Crippen molar-refractivity contribution in [2.75, 3.05) is 18.4 Å². The Morgan fingerprint density at radius 3 is 2.79 bits per heavy atom. The maximum Gasteiger partial charge on any atom is 0.317 e. The largest absolute Gasteiger partial charge is 0.338 e. The molecule has 1 aromatic carbocycles. The molecule has 3 heterocycles. The molecule has 2 N–H and O–H groups in total. The molecule has 0 radical (unpaired) electrons. The van der Waals surface area contributed by atoms with Gasteiger partial charge in [0, 0.05) is 24.4 Å². The number of thiazole rings is 1. The lowest BCUT2D eigenvalue weighted by Crippen LogP contribution is -2.42. The van der Waals surface area contributed by atoms with Crippen molar-refractivity contribution in [3.8, 4) is 0 Å². The quantitative estimate of drug-likeness (QED) is 0.581. The van der Waals surface area contributed by atoms with E-state index in [4.69, 9.17) is 0 Å². The molecular formula is C21H22N4O2S2. The second-order valence-corrected chi connectivity index (χ2v) is 8.84. The van der Waals surface area contributed by atoms with Crippen LogP contribution in [0.5, 0.6) is 0 Å². The van der Waals surface area contributed by atoms with Gasteiger partial charge in [-0.2, -0.15) is 0 Å². The summed E-state index contributed by atoms with van der Waals surface area (Å²) in [5.41, 5.74) is 2.26. The summed E-state index contributed by atoms with van der Waals surface area (Å²) in [5.74, 6) is -0.140. The minimum atomic E-state index is -0.140. The number of nitrogens with zero attached hydrogens (tertiary/aromatic N) is 2. The molecule has 0 saturated heterocycles. The van der Waals surface area contributed by atoms with Gasteiger partial charge in [0.1, 0.15) is 0 Å². The van der Waals surface area contributed by atoms with E-state index in [9.17, 15) is 9.59 Å². The van der Waals surface area contributed by atoms with Gasteiger partial charge in [0.15, 0.2) is 5.13 Å². The number of fused-ring (bicyclic) bond motifs is 1. The van der Waals surface area contributed by atoms with Gasteiger partial charge in [0.2, 0.25) is 0 Å². The first-order valence-corrected chi connectivity index (χ1v) is 11.3. The van der Waals surface area contributed by atoms with Crippen LogP contribution in [0.25, 0.3) is 0 Å². The van der Waals surface area contributed by atoms with E-state index < -0.39 is 0 Å². The molecule has 0 unspecified atom stereocenters. The number of aryl methyl sites for hydroxylation is 1. The van der Waals surface area contributed by atoms with Gasteiger partial charge in [0.25, 0.3) is 5.91 Å². The fraction of sp³-hybridized carbons (Fsp3) is 0.286. The first-order chi connectivity index (χ1) is 14.2. The first kappa shape index (κ1) is 19.6. The highest BCUT2D eigenvalue weighted by molar-refractivity contribution is 7.16. The number of hydrogen-bond donors (Lipinski definition) is 2. The van der Waals surface area contributed by atoms with Gasteiger partial charge in [-0.3, -0.25) is 10.1 Å². The summed E-state index contributed by atoms with van der Waals surface area (Å²) in [5, 5.41) is 8.35. The van der Waals surface area contributed by atoms with E-state index in [1.54, 1.807) is 6.07 Å². The molecule has 0 aliphatic carbocycles. The van der Waals surface area contributed by atoms with Gasteiger partial charge in [-0.25, -0.2) is 9.78 Å². The predicted molar refractivity (Wildman–Crippen MR) is 117 cm³/mol. The maximum atomic E-state index is 12.5. The zero-order valence-electron chi connectivity index (χ0n) is 15.9. The standard InChI is InChI=1S/C21H22N4O2S2/c26-19(17-9-5-13-28-17)24-20-23-16-10-12-25(14-18(16)29-20)21(27)22-11-4-8-15-6-2-1-3-7-15/h1-3,5-7,9,13H,4,8,10-12,14H2,(H,22,27)(H,23,24,26). The Bertz CT molecular complexity index is 970. The van der Waals surface area contributed by atoms with Crippen LogP contribution in [0.15, 0.2) is 47.8 Å². The van der Waals surface area contributed by atoms with Crippen LogP contribution >= 0.6 is 22.7 Å². The van der Waals surface area contributed by atoms with Crippen molar-refractivity contribution in [1.29, 1.82) is 0 Å². The van der Waals surface area contributed by atoms with Crippen molar-refractivity contribution in [2.24, 2.45) is 0 Å². The van der Waals surface area contributed by atoms with Crippen LogP contribution in [-0.2, 0) is 19.4 Å². The summed E-state index contributed by atoms with van der Waals surface area (Å²) in [6.45, 7) is 1.83. The third kappa shape index (κ3) is 5.02. The minimum absolute atomic E-state index is 0.0405. The molecule has 1 aliphatic rings. The number of nitrogens with one attached hydrogen (secondary N) is 2. The number of hydrogen-bond acceptors (Lipinski definition) is 5. The number of anilines is 1. The van der Waals surface area contributed by atoms with E-state index in [-0.39, 0.29) is 11.9 Å². The lowest BCUT2D eigenvalue weighted by molar-refractivity contribution is 0.103. The van der Waals surface area contributed by atoms with Crippen LogP contribution in [-0.4, -0.2) is 34.9 Å². The zero-order chi connectivity index (χ0) is 20.1. The SMILES string of the molecule is O=C(Nc1nc2c(s1)CN(C(=O)NCCCc1ccccc1)CC2)c1cccs1. The lowest BCUT2D eigenvalue weighted by Gasteiger charge is -2.26. The van der Waals surface area contributed by atoms with Crippen molar-refractivity contribution in [1.82, 2.24) is 15.2 Å². The highest BCUT2D eigenvalue weighted by atomic mass is 32.1. The summed E-state index contributed by atoms with van der Waals surface area (Å²) < 4.78 is 0.